The second-order valence-electron chi connectivity index (χ2n) is 5.94. The van der Waals surface area contributed by atoms with Gasteiger partial charge in [-0.1, -0.05) is 19.0 Å². The van der Waals surface area contributed by atoms with Crippen LogP contribution in [0.2, 0.25) is 0 Å². The zero-order valence-corrected chi connectivity index (χ0v) is 16.6. The molecule has 0 amide bonds. The highest BCUT2D eigenvalue weighted by molar-refractivity contribution is 14.0. The maximum Gasteiger partial charge on any atom is 0.191 e. The standard InChI is InChI=1S/C16H28N4O2.HI/c1-4-13-12(14(5-2)22-20-13)9-18-15(17-6-3)19-10-16(11-21)7-8-16;/h21H,4-11H2,1-3H3,(H2,17,18,19);1H. The first-order valence-corrected chi connectivity index (χ1v) is 8.27. The molecule has 23 heavy (non-hydrogen) atoms. The number of aliphatic imine (C=N–C) groups is 1. The molecule has 0 spiro atoms. The van der Waals surface area contributed by atoms with Gasteiger partial charge in [-0.15, -0.1) is 24.0 Å². The Labute approximate surface area is 155 Å². The van der Waals surface area contributed by atoms with Crippen molar-refractivity contribution in [2.75, 3.05) is 19.7 Å². The van der Waals surface area contributed by atoms with Crippen molar-refractivity contribution in [3.8, 4) is 0 Å². The van der Waals surface area contributed by atoms with E-state index in [0.717, 1.165) is 61.7 Å². The Balaban J connectivity index is 0.00000264. The van der Waals surface area contributed by atoms with E-state index in [1.165, 1.54) is 0 Å². The Bertz CT molecular complexity index is 491. The molecule has 1 aromatic rings. The highest BCUT2D eigenvalue weighted by atomic mass is 127. The van der Waals surface area contributed by atoms with Gasteiger partial charge in [0.2, 0.25) is 0 Å². The predicted octanol–water partition coefficient (Wildman–Crippen LogP) is 2.25. The zero-order valence-electron chi connectivity index (χ0n) is 14.3. The maximum absolute atomic E-state index is 9.40. The van der Waals surface area contributed by atoms with Crippen molar-refractivity contribution >= 4 is 29.9 Å². The van der Waals surface area contributed by atoms with Gasteiger partial charge < -0.3 is 20.3 Å². The van der Waals surface area contributed by atoms with Gasteiger partial charge in [-0.05, 0) is 26.2 Å². The quantitative estimate of drug-likeness (QED) is 0.331. The summed E-state index contributed by atoms with van der Waals surface area (Å²) >= 11 is 0. The van der Waals surface area contributed by atoms with Crippen LogP contribution in [0.25, 0.3) is 0 Å². The molecule has 0 aliphatic heterocycles. The largest absolute Gasteiger partial charge is 0.396 e. The lowest BCUT2D eigenvalue weighted by molar-refractivity contribution is 0.212. The summed E-state index contributed by atoms with van der Waals surface area (Å²) in [4.78, 5) is 4.65. The van der Waals surface area contributed by atoms with Crippen LogP contribution in [-0.2, 0) is 19.4 Å². The van der Waals surface area contributed by atoms with Gasteiger partial charge in [-0.3, -0.25) is 0 Å². The summed E-state index contributed by atoms with van der Waals surface area (Å²) in [6.45, 7) is 8.57. The lowest BCUT2D eigenvalue weighted by atomic mass is 10.1. The van der Waals surface area contributed by atoms with Crippen LogP contribution in [0.1, 0.15) is 50.6 Å². The third-order valence-corrected chi connectivity index (χ3v) is 4.27. The van der Waals surface area contributed by atoms with E-state index in [1.807, 2.05) is 6.92 Å². The minimum absolute atomic E-state index is 0. The molecule has 1 aromatic heterocycles. The van der Waals surface area contributed by atoms with Crippen molar-refractivity contribution in [2.24, 2.45) is 10.4 Å². The summed E-state index contributed by atoms with van der Waals surface area (Å²) in [5.74, 6) is 1.71. The van der Waals surface area contributed by atoms with E-state index in [1.54, 1.807) is 0 Å². The normalized spacial score (nSPS) is 15.9. The van der Waals surface area contributed by atoms with Crippen LogP contribution in [0.5, 0.6) is 0 Å². The molecule has 1 heterocycles. The minimum atomic E-state index is 0. The van der Waals surface area contributed by atoms with E-state index in [0.29, 0.717) is 6.54 Å². The summed E-state index contributed by atoms with van der Waals surface area (Å²) in [6, 6.07) is 0. The summed E-state index contributed by atoms with van der Waals surface area (Å²) in [7, 11) is 0. The van der Waals surface area contributed by atoms with Gasteiger partial charge in [0.25, 0.3) is 0 Å². The van der Waals surface area contributed by atoms with Crippen LogP contribution in [-0.4, -0.2) is 35.9 Å². The molecule has 1 saturated carbocycles. The average Bonchev–Trinajstić information content (AvgIpc) is 3.22. The molecule has 6 nitrogen and oxygen atoms in total. The fourth-order valence-electron chi connectivity index (χ4n) is 2.46. The van der Waals surface area contributed by atoms with Crippen molar-refractivity contribution in [2.45, 2.75) is 53.0 Å². The molecule has 0 aromatic carbocycles. The number of halogens is 1. The molecule has 132 valence electrons. The van der Waals surface area contributed by atoms with Crippen LogP contribution in [0.4, 0.5) is 0 Å². The summed E-state index contributed by atoms with van der Waals surface area (Å²) in [6.07, 6.45) is 3.85. The van der Waals surface area contributed by atoms with Gasteiger partial charge in [-0.2, -0.15) is 0 Å². The van der Waals surface area contributed by atoms with E-state index in [4.69, 9.17) is 4.52 Å². The SMILES string of the molecule is CCNC(=NCc1c(CC)noc1CC)NCC1(CO)CC1.I. The second-order valence-corrected chi connectivity index (χ2v) is 5.94. The molecule has 0 atom stereocenters. The second kappa shape index (κ2) is 9.46. The molecule has 0 saturated heterocycles. The zero-order chi connectivity index (χ0) is 16.0. The van der Waals surface area contributed by atoms with Crippen molar-refractivity contribution in [3.05, 3.63) is 17.0 Å². The van der Waals surface area contributed by atoms with Gasteiger partial charge in [0, 0.05) is 30.5 Å². The summed E-state index contributed by atoms with van der Waals surface area (Å²) < 4.78 is 5.38. The first kappa shape index (κ1) is 20.2. The smallest absolute Gasteiger partial charge is 0.191 e. The van der Waals surface area contributed by atoms with Gasteiger partial charge in [-0.25, -0.2) is 4.99 Å². The number of aryl methyl sites for hydroxylation is 2. The topological polar surface area (TPSA) is 82.7 Å². The molecule has 7 heteroatoms. The first-order chi connectivity index (χ1) is 10.7. The molecule has 1 aliphatic carbocycles. The predicted molar refractivity (Wildman–Crippen MR) is 102 cm³/mol. The highest BCUT2D eigenvalue weighted by Gasteiger charge is 2.41. The van der Waals surface area contributed by atoms with Gasteiger partial charge in [0.1, 0.15) is 5.76 Å². The monoisotopic (exact) mass is 436 g/mol. The minimum Gasteiger partial charge on any atom is -0.396 e. The van der Waals surface area contributed by atoms with E-state index in [9.17, 15) is 5.11 Å². The molecular weight excluding hydrogens is 407 g/mol. The van der Waals surface area contributed by atoms with Crippen LogP contribution in [0.3, 0.4) is 0 Å². The molecule has 2 rings (SSSR count). The number of aliphatic hydroxyl groups excluding tert-OH is 1. The third kappa shape index (κ3) is 5.34. The number of hydrogen-bond donors (Lipinski definition) is 3. The molecule has 0 radical (unpaired) electrons. The van der Waals surface area contributed by atoms with Crippen molar-refractivity contribution in [1.29, 1.82) is 0 Å². The van der Waals surface area contributed by atoms with Crippen LogP contribution in [0, 0.1) is 5.41 Å². The molecule has 1 aliphatic rings. The summed E-state index contributed by atoms with van der Waals surface area (Å²) in [5, 5.41) is 20.1. The van der Waals surface area contributed by atoms with Gasteiger partial charge >= 0.3 is 0 Å². The number of nitrogens with one attached hydrogen (secondary N) is 2. The van der Waals surface area contributed by atoms with Crippen LogP contribution in [0.15, 0.2) is 9.52 Å². The lowest BCUT2D eigenvalue weighted by Crippen LogP contribution is -2.41. The maximum atomic E-state index is 9.40. The molecule has 0 bridgehead atoms. The number of rotatable bonds is 8. The number of guanidine groups is 1. The van der Waals surface area contributed by atoms with Crippen molar-refractivity contribution in [3.63, 3.8) is 0 Å². The number of aliphatic hydroxyl groups is 1. The Morgan fingerprint density at radius 2 is 2.00 bits per heavy atom. The highest BCUT2D eigenvalue weighted by Crippen LogP contribution is 2.44. The first-order valence-electron chi connectivity index (χ1n) is 8.27. The van der Waals surface area contributed by atoms with E-state index in [2.05, 4.69) is 34.6 Å². The fraction of sp³-hybridized carbons (Fsp3) is 0.750. The molecule has 3 N–H and O–H groups in total. The average molecular weight is 436 g/mol. The van der Waals surface area contributed by atoms with Gasteiger partial charge in [0.05, 0.1) is 18.8 Å². The molecular formula is C16H29IN4O2. The summed E-state index contributed by atoms with van der Waals surface area (Å²) in [5.41, 5.74) is 2.16. The number of nitrogens with zero attached hydrogens (tertiary/aromatic N) is 2. The van der Waals surface area contributed by atoms with Crippen LogP contribution < -0.4 is 10.6 Å². The van der Waals surface area contributed by atoms with Crippen molar-refractivity contribution in [1.82, 2.24) is 15.8 Å². The number of hydrogen-bond acceptors (Lipinski definition) is 4. The lowest BCUT2D eigenvalue weighted by Gasteiger charge is -2.16. The van der Waals surface area contributed by atoms with Crippen molar-refractivity contribution < 1.29 is 9.63 Å². The third-order valence-electron chi connectivity index (χ3n) is 4.27. The van der Waals surface area contributed by atoms with Gasteiger partial charge in [0.15, 0.2) is 5.96 Å². The Hall–Kier alpha value is -0.830. The van der Waals surface area contributed by atoms with E-state index >= 15 is 0 Å². The number of aromatic nitrogens is 1. The fourth-order valence-corrected chi connectivity index (χ4v) is 2.46. The van der Waals surface area contributed by atoms with E-state index < -0.39 is 0 Å². The molecule has 1 fully saturated rings. The molecule has 0 unspecified atom stereocenters. The Kier molecular flexibility index (Phi) is 8.32. The Morgan fingerprint density at radius 3 is 2.52 bits per heavy atom. The van der Waals surface area contributed by atoms with E-state index in [-0.39, 0.29) is 36.0 Å². The van der Waals surface area contributed by atoms with Crippen LogP contribution >= 0.6 is 24.0 Å². The Morgan fingerprint density at radius 1 is 1.26 bits per heavy atom.